The summed E-state index contributed by atoms with van der Waals surface area (Å²) in [5, 5.41) is 2.45. The van der Waals surface area contributed by atoms with Crippen LogP contribution in [-0.4, -0.2) is 21.0 Å². The van der Waals surface area contributed by atoms with Crippen LogP contribution in [0.1, 0.15) is 101 Å². The van der Waals surface area contributed by atoms with Crippen molar-refractivity contribution >= 4 is 44.8 Å². The molecule has 2 aliphatic rings. The number of fused-ring (bicyclic) bond motifs is 5. The second kappa shape index (κ2) is 12.7. The predicted octanol–water partition coefficient (Wildman–Crippen LogP) is 13.3. The number of aromatic nitrogens is 2. The zero-order chi connectivity index (χ0) is 40.2. The number of anilines is 3. The molecule has 288 valence electrons. The number of aryl methyl sites for hydroxylation is 2. The second-order valence-electron chi connectivity index (χ2n) is 18.5. The SMILES string of the molecule is Cc1cc(C)c(N2c3ccccc3C(C)(C)c3cc4c5ccccc5n(-c5cc(C(C)(C)C)ccn5)c4cc32)cc1C1=N[C@](C)(C(C)C)[C@@](C)(c2ccccc2)O1. The lowest BCUT2D eigenvalue weighted by atomic mass is 9.72. The van der Waals surface area contributed by atoms with Gasteiger partial charge in [0.1, 0.15) is 11.4 Å². The first-order valence-electron chi connectivity index (χ1n) is 20.4. The number of pyridine rings is 1. The summed E-state index contributed by atoms with van der Waals surface area (Å²) in [6.07, 6.45) is 1.96. The van der Waals surface area contributed by atoms with Gasteiger partial charge in [-0.2, -0.15) is 0 Å². The van der Waals surface area contributed by atoms with E-state index in [1.807, 2.05) is 6.20 Å². The second-order valence-corrected chi connectivity index (χ2v) is 18.5. The molecule has 0 spiro atoms. The van der Waals surface area contributed by atoms with Crippen molar-refractivity contribution in [2.45, 2.75) is 98.1 Å². The third kappa shape index (κ3) is 5.41. The van der Waals surface area contributed by atoms with Crippen LogP contribution < -0.4 is 4.90 Å². The lowest BCUT2D eigenvalue weighted by Gasteiger charge is -2.42. The number of hydrogen-bond donors (Lipinski definition) is 0. The Kier molecular flexibility index (Phi) is 8.20. The van der Waals surface area contributed by atoms with Crippen molar-refractivity contribution in [2.24, 2.45) is 10.9 Å². The van der Waals surface area contributed by atoms with Gasteiger partial charge in [0.2, 0.25) is 5.90 Å². The Bertz CT molecular complexity index is 2770. The van der Waals surface area contributed by atoms with E-state index in [2.05, 4.69) is 201 Å². The molecule has 9 rings (SSSR count). The van der Waals surface area contributed by atoms with Crippen molar-refractivity contribution in [1.82, 2.24) is 9.55 Å². The van der Waals surface area contributed by atoms with E-state index >= 15 is 0 Å². The Labute approximate surface area is 338 Å². The Morgan fingerprint density at radius 3 is 2.09 bits per heavy atom. The Morgan fingerprint density at radius 1 is 0.649 bits per heavy atom. The zero-order valence-corrected chi connectivity index (χ0v) is 35.3. The molecule has 2 aliphatic heterocycles. The van der Waals surface area contributed by atoms with E-state index in [1.54, 1.807) is 0 Å². The van der Waals surface area contributed by atoms with E-state index in [0.29, 0.717) is 5.90 Å². The van der Waals surface area contributed by atoms with Crippen LogP contribution in [-0.2, 0) is 21.2 Å². The standard InChI is InChI=1S/C52H54N4O/c1-32(2)51(10)52(11,35-19-13-12-14-20-35)57-48(54-51)38-30-44(34(4)27-33(38)3)55-43-24-18-16-22-40(43)50(8,9)41-29-39-37-21-15-17-23-42(37)56(45(39)31-46(41)55)47-28-36(25-26-53-47)49(5,6)7/h12-32H,1-11H3/t51-,52-/m1/s1. The molecule has 0 bridgehead atoms. The molecule has 57 heavy (non-hydrogen) atoms. The molecule has 0 fully saturated rings. The van der Waals surface area contributed by atoms with Gasteiger partial charge in [-0.25, -0.2) is 9.98 Å². The van der Waals surface area contributed by atoms with E-state index in [0.717, 1.165) is 44.9 Å². The summed E-state index contributed by atoms with van der Waals surface area (Å²) in [5.41, 5.74) is 12.7. The van der Waals surface area contributed by atoms with Crippen LogP contribution >= 0.6 is 0 Å². The third-order valence-electron chi connectivity index (χ3n) is 13.4. The monoisotopic (exact) mass is 750 g/mol. The van der Waals surface area contributed by atoms with Crippen molar-refractivity contribution in [3.8, 4) is 5.82 Å². The Balaban J connectivity index is 1.30. The third-order valence-corrected chi connectivity index (χ3v) is 13.4. The largest absolute Gasteiger partial charge is 0.464 e. The van der Waals surface area contributed by atoms with Crippen molar-refractivity contribution in [3.05, 3.63) is 160 Å². The molecule has 5 nitrogen and oxygen atoms in total. The molecule has 0 saturated heterocycles. The topological polar surface area (TPSA) is 42.7 Å². The summed E-state index contributed by atoms with van der Waals surface area (Å²) < 4.78 is 9.50. The highest BCUT2D eigenvalue weighted by atomic mass is 16.5. The fourth-order valence-corrected chi connectivity index (χ4v) is 9.53. The quantitative estimate of drug-likeness (QED) is 0.176. The van der Waals surface area contributed by atoms with E-state index in [4.69, 9.17) is 14.7 Å². The van der Waals surface area contributed by atoms with Gasteiger partial charge in [-0.1, -0.05) is 121 Å². The van der Waals surface area contributed by atoms with Gasteiger partial charge in [-0.05, 0) is 115 Å². The molecule has 0 aliphatic carbocycles. The molecular weight excluding hydrogens is 697 g/mol. The first kappa shape index (κ1) is 36.9. The molecule has 0 radical (unpaired) electrons. The minimum absolute atomic E-state index is 0.0146. The number of benzene rings is 5. The maximum absolute atomic E-state index is 7.14. The Hall–Kier alpha value is -5.68. The van der Waals surface area contributed by atoms with Crippen molar-refractivity contribution in [2.75, 3.05) is 4.90 Å². The van der Waals surface area contributed by atoms with Gasteiger partial charge in [0.05, 0.1) is 22.4 Å². The molecule has 2 aromatic heterocycles. The van der Waals surface area contributed by atoms with Gasteiger partial charge in [-0.3, -0.25) is 4.57 Å². The Morgan fingerprint density at radius 2 is 1.35 bits per heavy atom. The highest BCUT2D eigenvalue weighted by molar-refractivity contribution is 6.11. The summed E-state index contributed by atoms with van der Waals surface area (Å²) >= 11 is 0. The fourth-order valence-electron chi connectivity index (χ4n) is 9.53. The fraction of sp³-hybridized carbons (Fsp3) is 0.308. The number of ether oxygens (including phenoxy) is 1. The normalized spacial score (nSPS) is 20.1. The molecule has 0 saturated carbocycles. The summed E-state index contributed by atoms with van der Waals surface area (Å²) in [7, 11) is 0. The summed E-state index contributed by atoms with van der Waals surface area (Å²) in [4.78, 5) is 13.0. The van der Waals surface area contributed by atoms with Gasteiger partial charge in [0, 0.05) is 33.6 Å². The number of para-hydroxylation sites is 2. The van der Waals surface area contributed by atoms with E-state index < -0.39 is 11.1 Å². The number of aliphatic imine (C=N–C) groups is 1. The van der Waals surface area contributed by atoms with Gasteiger partial charge in [0.25, 0.3) is 0 Å². The molecule has 5 heteroatoms. The van der Waals surface area contributed by atoms with Crippen molar-refractivity contribution < 1.29 is 4.74 Å². The summed E-state index contributed by atoms with van der Waals surface area (Å²) in [5.74, 6) is 1.86. The molecule has 2 atom stereocenters. The highest BCUT2D eigenvalue weighted by Gasteiger charge is 2.55. The van der Waals surface area contributed by atoms with Crippen LogP contribution in [0.25, 0.3) is 27.6 Å². The van der Waals surface area contributed by atoms with Gasteiger partial charge >= 0.3 is 0 Å². The van der Waals surface area contributed by atoms with Crippen LogP contribution in [0.4, 0.5) is 17.1 Å². The molecule has 0 unspecified atom stereocenters. The number of nitrogens with zero attached hydrogens (tertiary/aromatic N) is 4. The molecule has 0 N–H and O–H groups in total. The van der Waals surface area contributed by atoms with Crippen LogP contribution in [0.5, 0.6) is 0 Å². The lowest BCUT2D eigenvalue weighted by molar-refractivity contribution is 0.00856. The average Bonchev–Trinajstić information content (AvgIpc) is 3.66. The molecule has 7 aromatic rings. The summed E-state index contributed by atoms with van der Waals surface area (Å²) in [6.45, 7) is 24.9. The first-order chi connectivity index (χ1) is 27.0. The maximum atomic E-state index is 7.14. The van der Waals surface area contributed by atoms with Crippen molar-refractivity contribution in [3.63, 3.8) is 0 Å². The van der Waals surface area contributed by atoms with Crippen LogP contribution in [0.15, 0.2) is 126 Å². The first-order valence-corrected chi connectivity index (χ1v) is 20.4. The lowest BCUT2D eigenvalue weighted by Crippen LogP contribution is -2.47. The minimum atomic E-state index is -0.638. The molecule has 4 heterocycles. The molecule has 5 aromatic carbocycles. The van der Waals surface area contributed by atoms with E-state index in [-0.39, 0.29) is 16.7 Å². The number of hydrogen-bond acceptors (Lipinski definition) is 4. The van der Waals surface area contributed by atoms with Crippen LogP contribution in [0, 0.1) is 19.8 Å². The highest BCUT2D eigenvalue weighted by Crippen LogP contribution is 2.55. The van der Waals surface area contributed by atoms with E-state index in [9.17, 15) is 0 Å². The van der Waals surface area contributed by atoms with Gasteiger partial charge in [0.15, 0.2) is 5.60 Å². The predicted molar refractivity (Wildman–Crippen MR) is 238 cm³/mol. The average molecular weight is 751 g/mol. The minimum Gasteiger partial charge on any atom is -0.464 e. The van der Waals surface area contributed by atoms with Crippen molar-refractivity contribution in [1.29, 1.82) is 0 Å². The van der Waals surface area contributed by atoms with Crippen LogP contribution in [0.2, 0.25) is 0 Å². The molecular formula is C52H54N4O. The number of rotatable bonds is 5. The van der Waals surface area contributed by atoms with Crippen LogP contribution in [0.3, 0.4) is 0 Å². The maximum Gasteiger partial charge on any atom is 0.218 e. The molecule has 0 amide bonds. The smallest absolute Gasteiger partial charge is 0.218 e. The zero-order valence-electron chi connectivity index (χ0n) is 35.3. The van der Waals surface area contributed by atoms with E-state index in [1.165, 1.54) is 38.7 Å². The van der Waals surface area contributed by atoms with Gasteiger partial charge < -0.3 is 9.64 Å². The summed E-state index contributed by atoms with van der Waals surface area (Å²) in [6, 6.07) is 42.2. The van der Waals surface area contributed by atoms with Gasteiger partial charge in [-0.15, -0.1) is 0 Å².